The number of hydrogen-bond donors (Lipinski definition) is 2. The van der Waals surface area contributed by atoms with Crippen LogP contribution in [0.15, 0.2) is 54.6 Å². The minimum atomic E-state index is -5.24. The van der Waals surface area contributed by atoms with Gasteiger partial charge in [0.2, 0.25) is 5.88 Å². The van der Waals surface area contributed by atoms with Gasteiger partial charge in [0.15, 0.2) is 5.82 Å². The Kier molecular flexibility index (Phi) is 14.0. The van der Waals surface area contributed by atoms with Crippen molar-refractivity contribution in [2.24, 2.45) is 0 Å². The number of amides is 1. The van der Waals surface area contributed by atoms with E-state index in [2.05, 4.69) is 20.3 Å². The molecule has 0 spiro atoms. The normalized spacial score (nSPS) is 22.2. The van der Waals surface area contributed by atoms with Gasteiger partial charge >= 0.3 is 18.3 Å². The Morgan fingerprint density at radius 2 is 1.60 bits per heavy atom. The third-order valence-corrected chi connectivity index (χ3v) is 14.1. The van der Waals surface area contributed by atoms with Gasteiger partial charge in [0, 0.05) is 50.6 Å². The number of fused-ring (bicyclic) bond motifs is 3. The Bertz CT molecular complexity index is 2750. The van der Waals surface area contributed by atoms with Crippen molar-refractivity contribution in [1.82, 2.24) is 24.8 Å². The van der Waals surface area contributed by atoms with Crippen LogP contribution in [0.4, 0.5) is 42.6 Å². The highest BCUT2D eigenvalue weighted by Crippen LogP contribution is 2.47. The van der Waals surface area contributed by atoms with Crippen molar-refractivity contribution in [3.05, 3.63) is 88.5 Å². The third kappa shape index (κ3) is 10.2. The summed E-state index contributed by atoms with van der Waals surface area (Å²) in [5.41, 5.74) is -5.06. The van der Waals surface area contributed by atoms with E-state index >= 15 is 22.0 Å². The number of nitrogens with one attached hydrogen (secondary N) is 1. The van der Waals surface area contributed by atoms with Gasteiger partial charge in [0.25, 0.3) is 0 Å². The number of carbonyl (C=O) groups is 1. The van der Waals surface area contributed by atoms with Crippen LogP contribution in [0.25, 0.3) is 22.2 Å². The first kappa shape index (κ1) is 50.7. The Labute approximate surface area is 413 Å². The van der Waals surface area contributed by atoms with Crippen molar-refractivity contribution >= 4 is 28.5 Å². The van der Waals surface area contributed by atoms with Crippen LogP contribution in [0, 0.1) is 18.6 Å². The second-order valence-corrected chi connectivity index (χ2v) is 20.1. The molecule has 5 aromatic rings. The molecule has 0 aliphatic carbocycles. The van der Waals surface area contributed by atoms with Gasteiger partial charge in [0.05, 0.1) is 43.7 Å². The molecule has 0 radical (unpaired) electrons. The Morgan fingerprint density at radius 1 is 0.944 bits per heavy atom. The fraction of sp³-hybridized carbons (Fsp3) is 0.500. The number of aliphatic hydroxyl groups is 1. The summed E-state index contributed by atoms with van der Waals surface area (Å²) in [6, 6.07) is 13.4. The first-order valence-corrected chi connectivity index (χ1v) is 24.2. The van der Waals surface area contributed by atoms with E-state index in [0.29, 0.717) is 48.4 Å². The maximum atomic E-state index is 18.0. The van der Waals surface area contributed by atoms with Crippen LogP contribution in [-0.2, 0) is 24.0 Å². The van der Waals surface area contributed by atoms with Crippen molar-refractivity contribution in [2.75, 3.05) is 57.3 Å². The molecular weight excluding hydrogens is 949 g/mol. The molecule has 4 aliphatic heterocycles. The zero-order chi connectivity index (χ0) is 51.3. The van der Waals surface area contributed by atoms with Crippen molar-refractivity contribution in [3.63, 3.8) is 0 Å². The minimum Gasteiger partial charge on any atom is -0.497 e. The van der Waals surface area contributed by atoms with Gasteiger partial charge in [0.1, 0.15) is 64.2 Å². The van der Waals surface area contributed by atoms with Crippen LogP contribution in [0.1, 0.15) is 81.5 Å². The minimum absolute atomic E-state index is 0.00907. The van der Waals surface area contributed by atoms with Crippen LogP contribution >= 0.6 is 0 Å². The van der Waals surface area contributed by atoms with Crippen molar-refractivity contribution in [3.8, 4) is 34.6 Å². The summed E-state index contributed by atoms with van der Waals surface area (Å²) < 4.78 is 126. The summed E-state index contributed by atoms with van der Waals surface area (Å²) in [7, 11) is 3.01. The van der Waals surface area contributed by atoms with Crippen LogP contribution in [0.2, 0.25) is 0 Å². The predicted molar refractivity (Wildman–Crippen MR) is 256 cm³/mol. The Morgan fingerprint density at radius 3 is 2.21 bits per heavy atom. The first-order chi connectivity index (χ1) is 34.3. The number of rotatable bonds is 12. The van der Waals surface area contributed by atoms with E-state index in [1.54, 1.807) is 79.1 Å². The van der Waals surface area contributed by atoms with Gasteiger partial charge < -0.3 is 43.9 Å². The number of alkyl halides is 4. The molecule has 3 fully saturated rings. The number of aromatic nitrogens is 3. The summed E-state index contributed by atoms with van der Waals surface area (Å²) in [5.74, 6) is -1.93. The third-order valence-electron chi connectivity index (χ3n) is 14.1. The number of halogens is 6. The topological polar surface area (TPSA) is 144 Å². The van der Waals surface area contributed by atoms with E-state index in [0.717, 1.165) is 19.4 Å². The molecule has 2 N–H and O–H groups in total. The second-order valence-electron chi connectivity index (χ2n) is 20.1. The summed E-state index contributed by atoms with van der Waals surface area (Å²) in [5, 5.41) is 13.9. The van der Waals surface area contributed by atoms with Gasteiger partial charge in [-0.25, -0.2) is 22.9 Å². The van der Waals surface area contributed by atoms with E-state index in [-0.39, 0.29) is 68.5 Å². The number of hydrogen-bond acceptors (Lipinski definition) is 13. The van der Waals surface area contributed by atoms with Crippen LogP contribution in [0.5, 0.6) is 23.4 Å². The Balaban J connectivity index is 1.23. The maximum Gasteiger partial charge on any atom is 0.417 e. The summed E-state index contributed by atoms with van der Waals surface area (Å²) in [4.78, 5) is 32.7. The van der Waals surface area contributed by atoms with Crippen LogP contribution < -0.4 is 29.2 Å². The quantitative estimate of drug-likeness (QED) is 0.115. The molecule has 2 bridgehead atoms. The number of ether oxygens (including phenoxy) is 5. The highest BCUT2D eigenvalue weighted by molar-refractivity contribution is 5.97. The number of benzene rings is 3. The predicted octanol–water partition coefficient (Wildman–Crippen LogP) is 9.80. The maximum absolute atomic E-state index is 18.0. The lowest BCUT2D eigenvalue weighted by atomic mass is 9.95. The molecule has 1 amide bonds. The van der Waals surface area contributed by atoms with Crippen LogP contribution in [-0.4, -0.2) is 119 Å². The number of anilines is 2. The number of aliphatic hydroxyl groups excluding tert-OH is 1. The standard InChI is InChI=1S/C52H59F6N7O7/c1-29-41(52(56,57)58)38(21-39(42(29)54)63(24-30-8-14-35(68-5)15-9-30)25-31-10-16-36(69-6)17-11-31)44-43(55)45-40-46(62-48(61-45)70-28-51-18-7-19-64(51)26-32(53)22-51)59-23-34-13-12-33(20-37(27-66)71-47(40)60-44)65(34)49(67)72-50(2,3)4/h8-11,14-17,21,32-34,37,66H,7,12-13,18-20,22-28H2,1-6H3,(H,59,61,62)/t32-,33+,34-,37?,51+/m1/s1. The monoisotopic (exact) mass is 1010 g/mol. The van der Waals surface area contributed by atoms with Gasteiger partial charge in [-0.05, 0) is 107 Å². The molecule has 9 rings (SSSR count). The van der Waals surface area contributed by atoms with Gasteiger partial charge in [-0.1, -0.05) is 24.3 Å². The molecule has 5 atom stereocenters. The molecule has 14 nitrogen and oxygen atoms in total. The second kappa shape index (κ2) is 20.0. The number of pyridine rings is 1. The first-order valence-electron chi connectivity index (χ1n) is 24.2. The highest BCUT2D eigenvalue weighted by Gasteiger charge is 2.50. The molecular formula is C52H59F6N7O7. The number of carbonyl (C=O) groups excluding carboxylic acids is 1. The molecule has 72 heavy (non-hydrogen) atoms. The summed E-state index contributed by atoms with van der Waals surface area (Å²) in [6.07, 6.45) is -5.45. The van der Waals surface area contributed by atoms with E-state index in [1.807, 2.05) is 4.90 Å². The molecule has 20 heteroatoms. The smallest absolute Gasteiger partial charge is 0.417 e. The SMILES string of the molecule is COc1ccc(CN(Cc2ccc(OC)cc2)c2cc(-c3nc4c5c(nc(OC[C@@]67CCCN6C[C@H](F)C7)nc5c3F)NC[C@H]3CC[C@@H](CC(CO)O4)N3C(=O)OC(C)(C)C)c(C(F)(F)F)c(C)c2F)cc1. The van der Waals surface area contributed by atoms with Crippen molar-refractivity contribution in [2.45, 2.75) is 121 Å². The van der Waals surface area contributed by atoms with Crippen molar-refractivity contribution < 1.29 is 59.9 Å². The average Bonchev–Trinajstić information content (AvgIpc) is 4.01. The molecule has 4 aliphatic rings. The fourth-order valence-corrected chi connectivity index (χ4v) is 10.8. The van der Waals surface area contributed by atoms with E-state index in [9.17, 15) is 14.3 Å². The van der Waals surface area contributed by atoms with Gasteiger partial charge in [-0.3, -0.25) is 4.90 Å². The number of nitrogens with zero attached hydrogens (tertiary/aromatic N) is 6. The molecule has 386 valence electrons. The fourth-order valence-electron chi connectivity index (χ4n) is 10.8. The van der Waals surface area contributed by atoms with E-state index < -0.39 is 99.8 Å². The van der Waals surface area contributed by atoms with Gasteiger partial charge in [-0.15, -0.1) is 0 Å². The lowest BCUT2D eigenvalue weighted by molar-refractivity contribution is -0.137. The molecule has 3 aromatic carbocycles. The number of methoxy groups -OCH3 is 2. The molecule has 3 saturated heterocycles. The highest BCUT2D eigenvalue weighted by atomic mass is 19.4. The summed E-state index contributed by atoms with van der Waals surface area (Å²) >= 11 is 0. The Hall–Kier alpha value is -6.28. The van der Waals surface area contributed by atoms with Crippen LogP contribution in [0.3, 0.4) is 0 Å². The molecule has 6 heterocycles. The summed E-state index contributed by atoms with van der Waals surface area (Å²) in [6.45, 7) is 6.40. The lowest BCUT2D eigenvalue weighted by Crippen LogP contribution is -2.48. The molecule has 2 aromatic heterocycles. The van der Waals surface area contributed by atoms with E-state index in [4.69, 9.17) is 23.7 Å². The van der Waals surface area contributed by atoms with E-state index in [1.165, 1.54) is 14.2 Å². The lowest BCUT2D eigenvalue weighted by Gasteiger charge is -2.33. The molecule has 1 unspecified atom stereocenters. The zero-order valence-corrected chi connectivity index (χ0v) is 41.0. The van der Waals surface area contributed by atoms with Crippen molar-refractivity contribution in [1.29, 1.82) is 0 Å². The average molecular weight is 1010 g/mol. The van der Waals surface area contributed by atoms with Gasteiger partial charge in [-0.2, -0.15) is 23.1 Å². The largest absolute Gasteiger partial charge is 0.497 e. The zero-order valence-electron chi connectivity index (χ0n) is 41.0. The molecule has 0 saturated carbocycles.